The summed E-state index contributed by atoms with van der Waals surface area (Å²) in [5, 5.41) is 0.954. The van der Waals surface area contributed by atoms with Gasteiger partial charge in [-0.3, -0.25) is 0 Å². The summed E-state index contributed by atoms with van der Waals surface area (Å²) in [5.74, 6) is 0.731. The minimum absolute atomic E-state index is 0.280. The van der Waals surface area contributed by atoms with E-state index in [1.807, 2.05) is 86.6 Å². The van der Waals surface area contributed by atoms with Gasteiger partial charge < -0.3 is 9.15 Å². The van der Waals surface area contributed by atoms with Crippen molar-refractivity contribution in [2.45, 2.75) is 26.9 Å². The second-order valence-electron chi connectivity index (χ2n) is 7.00. The lowest BCUT2D eigenvalue weighted by Gasteiger charge is -2.13. The van der Waals surface area contributed by atoms with Crippen LogP contribution < -0.4 is 10.4 Å². The van der Waals surface area contributed by atoms with Gasteiger partial charge in [0.05, 0.1) is 0 Å². The fourth-order valence-corrected chi connectivity index (χ4v) is 3.47. The zero-order valence-electron chi connectivity index (χ0n) is 16.1. The highest BCUT2D eigenvalue weighted by molar-refractivity contribution is 5.85. The number of rotatable bonds is 5. The van der Waals surface area contributed by atoms with E-state index in [0.717, 1.165) is 33.4 Å². The summed E-state index contributed by atoms with van der Waals surface area (Å²) < 4.78 is 11.7. The Bertz CT molecular complexity index is 1160. The van der Waals surface area contributed by atoms with Crippen molar-refractivity contribution in [3.8, 4) is 5.75 Å². The molecule has 0 radical (unpaired) electrons. The van der Waals surface area contributed by atoms with Gasteiger partial charge in [0, 0.05) is 22.9 Å². The van der Waals surface area contributed by atoms with E-state index in [1.54, 1.807) is 0 Å². The summed E-state index contributed by atoms with van der Waals surface area (Å²) in [7, 11) is 0. The molecule has 0 saturated carbocycles. The Morgan fingerprint density at radius 1 is 0.786 bits per heavy atom. The quantitative estimate of drug-likeness (QED) is 0.431. The molecule has 0 amide bonds. The van der Waals surface area contributed by atoms with Crippen molar-refractivity contribution in [3.05, 3.63) is 111 Å². The van der Waals surface area contributed by atoms with Gasteiger partial charge in [0.1, 0.15) is 17.9 Å². The first-order valence-corrected chi connectivity index (χ1v) is 9.40. The highest BCUT2D eigenvalue weighted by Gasteiger charge is 2.15. The lowest BCUT2D eigenvalue weighted by Crippen LogP contribution is -2.11. The summed E-state index contributed by atoms with van der Waals surface area (Å²) >= 11 is 0. The molecule has 0 bridgehead atoms. The van der Waals surface area contributed by atoms with Crippen LogP contribution in [0.5, 0.6) is 5.75 Å². The first kappa shape index (κ1) is 18.1. The molecule has 0 aliphatic carbocycles. The third-order valence-electron chi connectivity index (χ3n) is 5.11. The number of ether oxygens (including phenoxy) is 1. The van der Waals surface area contributed by atoms with Crippen LogP contribution in [0.25, 0.3) is 11.0 Å². The molecule has 0 unspecified atom stereocenters. The van der Waals surface area contributed by atoms with Crippen LogP contribution in [0, 0.1) is 13.8 Å². The maximum Gasteiger partial charge on any atom is 0.340 e. The van der Waals surface area contributed by atoms with Crippen molar-refractivity contribution in [3.63, 3.8) is 0 Å². The van der Waals surface area contributed by atoms with Crippen LogP contribution in [-0.4, -0.2) is 0 Å². The van der Waals surface area contributed by atoms with Gasteiger partial charge in [-0.2, -0.15) is 0 Å². The minimum Gasteiger partial charge on any atom is -0.488 e. The van der Waals surface area contributed by atoms with Crippen LogP contribution in [0.3, 0.4) is 0 Å². The molecule has 4 aromatic rings. The van der Waals surface area contributed by atoms with E-state index in [4.69, 9.17) is 9.15 Å². The van der Waals surface area contributed by atoms with E-state index in [-0.39, 0.29) is 5.63 Å². The molecule has 140 valence electrons. The van der Waals surface area contributed by atoms with Crippen molar-refractivity contribution < 1.29 is 9.15 Å². The van der Waals surface area contributed by atoms with Crippen molar-refractivity contribution in [2.75, 3.05) is 0 Å². The predicted molar refractivity (Wildman–Crippen MR) is 112 cm³/mol. The van der Waals surface area contributed by atoms with Crippen LogP contribution in [0.15, 0.2) is 82.0 Å². The van der Waals surface area contributed by atoms with E-state index in [1.165, 1.54) is 0 Å². The second-order valence-corrected chi connectivity index (χ2v) is 7.00. The van der Waals surface area contributed by atoms with E-state index >= 15 is 0 Å². The highest BCUT2D eigenvalue weighted by Crippen LogP contribution is 2.30. The van der Waals surface area contributed by atoms with Crippen LogP contribution in [0.2, 0.25) is 0 Å². The molecule has 3 heteroatoms. The first-order chi connectivity index (χ1) is 13.6. The number of benzene rings is 3. The molecule has 1 aromatic heterocycles. The van der Waals surface area contributed by atoms with E-state index in [2.05, 4.69) is 0 Å². The lowest BCUT2D eigenvalue weighted by atomic mass is 9.98. The Hall–Kier alpha value is -3.33. The van der Waals surface area contributed by atoms with E-state index < -0.39 is 0 Å². The maximum absolute atomic E-state index is 12.7. The Balaban J connectivity index is 1.69. The molecule has 0 aliphatic heterocycles. The summed E-state index contributed by atoms with van der Waals surface area (Å²) in [6.07, 6.45) is 0.566. The normalized spacial score (nSPS) is 10.9. The third-order valence-corrected chi connectivity index (χ3v) is 5.11. The van der Waals surface area contributed by atoms with Crippen molar-refractivity contribution in [1.29, 1.82) is 0 Å². The summed E-state index contributed by atoms with van der Waals surface area (Å²) in [5.41, 5.74) is 5.03. The van der Waals surface area contributed by atoms with Gasteiger partial charge in [0.25, 0.3) is 0 Å². The summed E-state index contributed by atoms with van der Waals surface area (Å²) in [6.45, 7) is 4.39. The molecule has 28 heavy (non-hydrogen) atoms. The zero-order valence-corrected chi connectivity index (χ0v) is 16.1. The SMILES string of the molecule is Cc1c(Cc2ccccc2)c(=O)oc2c(C)c(OCc3ccccc3)ccc12. The minimum atomic E-state index is -0.280. The van der Waals surface area contributed by atoms with Crippen LogP contribution in [-0.2, 0) is 13.0 Å². The molecule has 0 spiro atoms. The molecule has 3 aromatic carbocycles. The predicted octanol–water partition coefficient (Wildman–Crippen LogP) is 5.58. The van der Waals surface area contributed by atoms with Gasteiger partial charge in [-0.25, -0.2) is 4.79 Å². The smallest absolute Gasteiger partial charge is 0.340 e. The molecule has 0 saturated heterocycles. The fourth-order valence-electron chi connectivity index (χ4n) is 3.47. The molecule has 4 rings (SSSR count). The number of aryl methyl sites for hydroxylation is 2. The van der Waals surface area contributed by atoms with Gasteiger partial charge in [-0.05, 0) is 42.7 Å². The molecule has 0 N–H and O–H groups in total. The molecule has 1 heterocycles. The molecular formula is C25H22O3. The van der Waals surface area contributed by atoms with Crippen LogP contribution in [0.4, 0.5) is 0 Å². The first-order valence-electron chi connectivity index (χ1n) is 9.40. The van der Waals surface area contributed by atoms with E-state index in [9.17, 15) is 4.79 Å². The second kappa shape index (κ2) is 7.73. The van der Waals surface area contributed by atoms with Gasteiger partial charge in [-0.15, -0.1) is 0 Å². The largest absolute Gasteiger partial charge is 0.488 e. The van der Waals surface area contributed by atoms with Gasteiger partial charge in [0.2, 0.25) is 0 Å². The molecule has 3 nitrogen and oxygen atoms in total. The van der Waals surface area contributed by atoms with Crippen molar-refractivity contribution >= 4 is 11.0 Å². The Kier molecular flexibility index (Phi) is 4.98. The average molecular weight is 370 g/mol. The van der Waals surface area contributed by atoms with Gasteiger partial charge in [-0.1, -0.05) is 60.7 Å². The molecule has 0 fully saturated rings. The van der Waals surface area contributed by atoms with E-state index in [0.29, 0.717) is 24.2 Å². The topological polar surface area (TPSA) is 39.4 Å². The van der Waals surface area contributed by atoms with Crippen LogP contribution in [0.1, 0.15) is 27.8 Å². The highest BCUT2D eigenvalue weighted by atomic mass is 16.5. The number of hydrogen-bond acceptors (Lipinski definition) is 3. The zero-order chi connectivity index (χ0) is 19.5. The van der Waals surface area contributed by atoms with Crippen molar-refractivity contribution in [2.24, 2.45) is 0 Å². The van der Waals surface area contributed by atoms with Crippen LogP contribution >= 0.6 is 0 Å². The summed E-state index contributed by atoms with van der Waals surface area (Å²) in [6, 6.07) is 23.9. The number of fused-ring (bicyclic) bond motifs is 1. The molecular weight excluding hydrogens is 348 g/mol. The average Bonchev–Trinajstić information content (AvgIpc) is 2.73. The Labute approximate surface area is 164 Å². The van der Waals surface area contributed by atoms with Crippen molar-refractivity contribution in [1.82, 2.24) is 0 Å². The number of hydrogen-bond donors (Lipinski definition) is 0. The Morgan fingerprint density at radius 3 is 2.11 bits per heavy atom. The molecule has 0 aliphatic rings. The lowest BCUT2D eigenvalue weighted by molar-refractivity contribution is 0.304. The standard InChI is InChI=1S/C25H22O3/c1-17-21-13-14-23(27-16-20-11-7-4-8-12-20)18(2)24(21)28-25(26)22(17)15-19-9-5-3-6-10-19/h3-14H,15-16H2,1-2H3. The van der Waals surface area contributed by atoms with Gasteiger partial charge in [0.15, 0.2) is 0 Å². The fraction of sp³-hybridized carbons (Fsp3) is 0.160. The third kappa shape index (κ3) is 3.56. The van der Waals surface area contributed by atoms with Gasteiger partial charge >= 0.3 is 5.63 Å². The monoisotopic (exact) mass is 370 g/mol. The maximum atomic E-state index is 12.7. The Morgan fingerprint density at radius 2 is 1.43 bits per heavy atom. The summed E-state index contributed by atoms with van der Waals surface area (Å²) in [4.78, 5) is 12.7. The molecule has 0 atom stereocenters.